The molecule has 0 fully saturated rings. The third-order valence-electron chi connectivity index (χ3n) is 6.83. The molecule has 0 saturated carbocycles. The molecule has 0 heterocycles. The molecule has 10 heteroatoms. The molecule has 0 aromatic rings. The summed E-state index contributed by atoms with van der Waals surface area (Å²) in [7, 11) is 0. The number of allylic oxidation sites excluding steroid dienone is 4. The van der Waals surface area contributed by atoms with Gasteiger partial charge in [0.15, 0.2) is 0 Å². The predicted octanol–water partition coefficient (Wildman–Crippen LogP) is 4.81. The molecule has 0 aliphatic heterocycles. The summed E-state index contributed by atoms with van der Waals surface area (Å²) in [5, 5.41) is 54.3. The summed E-state index contributed by atoms with van der Waals surface area (Å²) in [5.74, 6) is -1.61. The largest absolute Gasteiger partial charge is 0.481 e. The first kappa shape index (κ1) is 41.7. The van der Waals surface area contributed by atoms with Crippen LogP contribution in [0.3, 0.4) is 0 Å². The molecule has 0 amide bonds. The number of aliphatic hydroxyl groups excluding tert-OH is 2. The average molecular weight is 627 g/mol. The van der Waals surface area contributed by atoms with Crippen LogP contribution in [0.25, 0.3) is 0 Å². The molecule has 2 unspecified atom stereocenters. The second-order valence-electron chi connectivity index (χ2n) is 13.8. The number of hydrogen-bond donors (Lipinski definition) is 6. The molecule has 2 atom stereocenters. The molecule has 0 radical (unpaired) electrons. The van der Waals surface area contributed by atoms with Crippen LogP contribution in [0.15, 0.2) is 46.6 Å². The Kier molecular flexibility index (Phi) is 18.2. The van der Waals surface area contributed by atoms with Gasteiger partial charge in [-0.3, -0.25) is 9.59 Å². The second-order valence-corrected chi connectivity index (χ2v) is 13.8. The summed E-state index contributed by atoms with van der Waals surface area (Å²) in [5.41, 5.74) is 2.49. The SMILES string of the molecule is CC1(O)C=C(CCC(=O)O)C=C(C(C)(C)C)C1.CC1(O)C=C(CCC(=O)O)C=C(C(C)(C)C)C1.OCCOCCOCCO. The first-order chi connectivity index (χ1) is 20.1. The minimum Gasteiger partial charge on any atom is -0.481 e. The zero-order chi connectivity index (χ0) is 34.2. The zero-order valence-corrected chi connectivity index (χ0v) is 28.1. The van der Waals surface area contributed by atoms with Crippen LogP contribution in [-0.4, -0.2) is 93.4 Å². The summed E-state index contributed by atoms with van der Waals surface area (Å²) in [6.07, 6.45) is 10.1. The van der Waals surface area contributed by atoms with Crippen LogP contribution in [0.4, 0.5) is 0 Å². The zero-order valence-electron chi connectivity index (χ0n) is 28.1. The number of rotatable bonds is 13. The van der Waals surface area contributed by atoms with Gasteiger partial charge in [-0.1, -0.05) is 64.8 Å². The Bertz CT molecular complexity index is 936. The van der Waals surface area contributed by atoms with Crippen LogP contribution in [-0.2, 0) is 19.1 Å². The molecule has 2 aliphatic carbocycles. The van der Waals surface area contributed by atoms with Crippen molar-refractivity contribution >= 4 is 11.9 Å². The van der Waals surface area contributed by atoms with E-state index in [1.165, 1.54) is 11.1 Å². The van der Waals surface area contributed by atoms with Crippen LogP contribution in [0, 0.1) is 10.8 Å². The number of carboxylic acids is 2. The predicted molar refractivity (Wildman–Crippen MR) is 171 cm³/mol. The minimum absolute atomic E-state index is 0.00667. The molecule has 6 N–H and O–H groups in total. The molecule has 0 saturated heterocycles. The van der Waals surface area contributed by atoms with Crippen molar-refractivity contribution in [3.05, 3.63) is 46.6 Å². The summed E-state index contributed by atoms with van der Waals surface area (Å²) in [6, 6.07) is 0. The number of aliphatic carboxylic acids is 2. The monoisotopic (exact) mass is 626 g/mol. The lowest BCUT2D eigenvalue weighted by Crippen LogP contribution is -2.28. The third kappa shape index (κ3) is 19.8. The normalized spacial score (nSPS) is 21.8. The van der Waals surface area contributed by atoms with E-state index in [4.69, 9.17) is 29.9 Å². The number of carboxylic acid groups (broad SMARTS) is 2. The van der Waals surface area contributed by atoms with E-state index in [2.05, 4.69) is 41.5 Å². The summed E-state index contributed by atoms with van der Waals surface area (Å²) in [4.78, 5) is 21.1. The van der Waals surface area contributed by atoms with Crippen molar-refractivity contribution in [2.24, 2.45) is 10.8 Å². The van der Waals surface area contributed by atoms with E-state index >= 15 is 0 Å². The van der Waals surface area contributed by atoms with E-state index < -0.39 is 23.1 Å². The van der Waals surface area contributed by atoms with Crippen LogP contribution in [0.5, 0.6) is 0 Å². The minimum atomic E-state index is -0.856. The van der Waals surface area contributed by atoms with Gasteiger partial charge in [0.2, 0.25) is 0 Å². The van der Waals surface area contributed by atoms with Gasteiger partial charge < -0.3 is 40.1 Å². The van der Waals surface area contributed by atoms with Gasteiger partial charge in [-0.15, -0.1) is 0 Å². The molecule has 44 heavy (non-hydrogen) atoms. The summed E-state index contributed by atoms with van der Waals surface area (Å²) >= 11 is 0. The third-order valence-corrected chi connectivity index (χ3v) is 6.83. The molecule has 0 bridgehead atoms. The fourth-order valence-electron chi connectivity index (χ4n) is 4.51. The highest BCUT2D eigenvalue weighted by molar-refractivity contribution is 5.67. The Morgan fingerprint density at radius 3 is 1.25 bits per heavy atom. The topological polar surface area (TPSA) is 174 Å². The first-order valence-electron chi connectivity index (χ1n) is 15.2. The van der Waals surface area contributed by atoms with Gasteiger partial charge in [0.1, 0.15) is 0 Å². The quantitative estimate of drug-likeness (QED) is 0.156. The lowest BCUT2D eigenvalue weighted by atomic mass is 9.75. The molecule has 254 valence electrons. The van der Waals surface area contributed by atoms with E-state index in [-0.39, 0.29) is 36.9 Å². The number of aliphatic hydroxyl groups is 4. The molecule has 10 nitrogen and oxygen atoms in total. The number of ether oxygens (including phenoxy) is 2. The molecule has 0 aromatic heterocycles. The maximum absolute atomic E-state index is 10.6. The Morgan fingerprint density at radius 1 is 0.682 bits per heavy atom. The van der Waals surface area contributed by atoms with Crippen molar-refractivity contribution in [3.8, 4) is 0 Å². The highest BCUT2D eigenvalue weighted by Crippen LogP contribution is 2.39. The van der Waals surface area contributed by atoms with Gasteiger partial charge in [0, 0.05) is 25.7 Å². The summed E-state index contributed by atoms with van der Waals surface area (Å²) < 4.78 is 9.75. The lowest BCUT2D eigenvalue weighted by Gasteiger charge is -2.33. The van der Waals surface area contributed by atoms with E-state index in [0.717, 1.165) is 11.1 Å². The van der Waals surface area contributed by atoms with Crippen molar-refractivity contribution in [3.63, 3.8) is 0 Å². The standard InChI is InChI=1S/2C14H22O3.C6H14O4/c2*1-13(2,3)11-7-10(5-6-12(15)16)8-14(4,17)9-11;7-1-3-9-5-6-10-4-2-8/h2*7-8,17H,5-6,9H2,1-4H3,(H,15,16);7-8H,1-6H2. The van der Waals surface area contributed by atoms with Crippen molar-refractivity contribution in [1.29, 1.82) is 0 Å². The van der Waals surface area contributed by atoms with E-state index in [9.17, 15) is 19.8 Å². The van der Waals surface area contributed by atoms with Gasteiger partial charge in [-0.05, 0) is 60.8 Å². The van der Waals surface area contributed by atoms with E-state index in [1.54, 1.807) is 26.0 Å². The van der Waals surface area contributed by atoms with Crippen LogP contribution in [0.2, 0.25) is 0 Å². The summed E-state index contributed by atoms with van der Waals surface area (Å²) in [6.45, 7) is 17.9. The van der Waals surface area contributed by atoms with Crippen molar-refractivity contribution < 1.29 is 49.7 Å². The van der Waals surface area contributed by atoms with Crippen molar-refractivity contribution in [1.82, 2.24) is 0 Å². The van der Waals surface area contributed by atoms with Crippen molar-refractivity contribution in [2.75, 3.05) is 39.6 Å². The van der Waals surface area contributed by atoms with E-state index in [1.807, 2.05) is 12.2 Å². The maximum Gasteiger partial charge on any atom is 0.303 e. The molecular weight excluding hydrogens is 568 g/mol. The smallest absolute Gasteiger partial charge is 0.303 e. The average Bonchev–Trinajstić information content (AvgIpc) is 2.86. The number of hydrogen-bond acceptors (Lipinski definition) is 8. The maximum atomic E-state index is 10.6. The number of carbonyl (C=O) groups is 2. The molecule has 2 aliphatic rings. The Morgan fingerprint density at radius 2 is 1.00 bits per heavy atom. The van der Waals surface area contributed by atoms with Crippen molar-refractivity contribution in [2.45, 2.75) is 105 Å². The molecule has 0 spiro atoms. The van der Waals surface area contributed by atoms with Gasteiger partial charge in [0.25, 0.3) is 0 Å². The molecule has 0 aromatic carbocycles. The Hall–Kier alpha value is -2.34. The van der Waals surface area contributed by atoms with Crippen LogP contribution < -0.4 is 0 Å². The highest BCUT2D eigenvalue weighted by atomic mass is 16.5. The first-order valence-corrected chi connectivity index (χ1v) is 15.2. The van der Waals surface area contributed by atoms with Gasteiger partial charge in [0.05, 0.1) is 50.8 Å². The highest BCUT2D eigenvalue weighted by Gasteiger charge is 2.30. The van der Waals surface area contributed by atoms with Crippen LogP contribution in [0.1, 0.15) is 93.9 Å². The van der Waals surface area contributed by atoms with E-state index in [0.29, 0.717) is 52.1 Å². The Labute approximate surface area is 263 Å². The van der Waals surface area contributed by atoms with Gasteiger partial charge in [-0.25, -0.2) is 0 Å². The van der Waals surface area contributed by atoms with Gasteiger partial charge >= 0.3 is 11.9 Å². The molecule has 2 rings (SSSR count). The lowest BCUT2D eigenvalue weighted by molar-refractivity contribution is -0.138. The fraction of sp³-hybridized carbons (Fsp3) is 0.706. The Balaban J connectivity index is 0.000000655. The van der Waals surface area contributed by atoms with Gasteiger partial charge in [-0.2, -0.15) is 0 Å². The fourth-order valence-corrected chi connectivity index (χ4v) is 4.51. The second kappa shape index (κ2) is 19.2. The van der Waals surface area contributed by atoms with Crippen LogP contribution >= 0.6 is 0 Å². The molecular formula is C34H58O10.